The van der Waals surface area contributed by atoms with E-state index in [2.05, 4.69) is 6.07 Å². The van der Waals surface area contributed by atoms with Crippen molar-refractivity contribution in [3.8, 4) is 11.8 Å². The fourth-order valence-electron chi connectivity index (χ4n) is 1.18. The molecule has 0 radical (unpaired) electrons. The Hall–Kier alpha value is -1.46. The summed E-state index contributed by atoms with van der Waals surface area (Å²) in [5.41, 5.74) is 1.50. The SMILES string of the molecule is COc1ccc(C#N)c(C=CCCCl)c1. The highest BCUT2D eigenvalue weighted by atomic mass is 35.5. The minimum absolute atomic E-state index is 0.586. The zero-order valence-electron chi connectivity index (χ0n) is 8.53. The predicted octanol–water partition coefficient (Wildman–Crippen LogP) is 3.21. The largest absolute Gasteiger partial charge is 0.497 e. The van der Waals surface area contributed by atoms with E-state index in [0.717, 1.165) is 17.7 Å². The Kier molecular flexibility index (Phi) is 4.73. The van der Waals surface area contributed by atoms with Gasteiger partial charge in [-0.25, -0.2) is 0 Å². The number of methoxy groups -OCH3 is 1. The first-order chi connectivity index (χ1) is 7.31. The Labute approximate surface area is 94.7 Å². The van der Waals surface area contributed by atoms with E-state index >= 15 is 0 Å². The highest BCUT2D eigenvalue weighted by molar-refractivity contribution is 6.17. The third kappa shape index (κ3) is 3.30. The maximum absolute atomic E-state index is 8.89. The number of hydrogen-bond acceptors (Lipinski definition) is 2. The molecular weight excluding hydrogens is 210 g/mol. The van der Waals surface area contributed by atoms with Crippen LogP contribution in [0, 0.1) is 11.3 Å². The van der Waals surface area contributed by atoms with E-state index < -0.39 is 0 Å². The minimum Gasteiger partial charge on any atom is -0.497 e. The van der Waals surface area contributed by atoms with E-state index in [-0.39, 0.29) is 0 Å². The smallest absolute Gasteiger partial charge is 0.119 e. The Morgan fingerprint density at radius 3 is 2.93 bits per heavy atom. The molecule has 0 unspecified atom stereocenters. The molecule has 0 aromatic heterocycles. The summed E-state index contributed by atoms with van der Waals surface area (Å²) in [5, 5.41) is 8.89. The van der Waals surface area contributed by atoms with Gasteiger partial charge >= 0.3 is 0 Å². The van der Waals surface area contributed by atoms with Gasteiger partial charge in [0.2, 0.25) is 0 Å². The Morgan fingerprint density at radius 2 is 2.33 bits per heavy atom. The first-order valence-corrected chi connectivity index (χ1v) is 5.16. The Bertz CT molecular complexity index is 393. The van der Waals surface area contributed by atoms with Gasteiger partial charge in [0, 0.05) is 5.88 Å². The molecule has 0 spiro atoms. The van der Waals surface area contributed by atoms with Crippen LogP contribution in [0.1, 0.15) is 17.5 Å². The molecule has 0 fully saturated rings. The van der Waals surface area contributed by atoms with Gasteiger partial charge in [0.25, 0.3) is 0 Å². The van der Waals surface area contributed by atoms with E-state index in [1.54, 1.807) is 19.2 Å². The summed E-state index contributed by atoms with van der Waals surface area (Å²) >= 11 is 5.56. The molecule has 2 nitrogen and oxygen atoms in total. The van der Waals surface area contributed by atoms with Crippen LogP contribution in [0.2, 0.25) is 0 Å². The Balaban J connectivity index is 2.97. The van der Waals surface area contributed by atoms with Crippen LogP contribution in [0.3, 0.4) is 0 Å². The molecule has 1 rings (SSSR count). The van der Waals surface area contributed by atoms with Gasteiger partial charge in [-0.3, -0.25) is 0 Å². The van der Waals surface area contributed by atoms with E-state index in [9.17, 15) is 0 Å². The minimum atomic E-state index is 0.586. The van der Waals surface area contributed by atoms with Crippen LogP contribution < -0.4 is 4.74 Å². The third-order valence-corrected chi connectivity index (χ3v) is 2.17. The van der Waals surface area contributed by atoms with Crippen LogP contribution >= 0.6 is 11.6 Å². The molecule has 0 saturated carbocycles. The van der Waals surface area contributed by atoms with Crippen LogP contribution in [-0.4, -0.2) is 13.0 Å². The van der Waals surface area contributed by atoms with Crippen molar-refractivity contribution < 1.29 is 4.74 Å². The number of hydrogen-bond donors (Lipinski definition) is 0. The van der Waals surface area contributed by atoms with Crippen LogP contribution in [-0.2, 0) is 0 Å². The summed E-state index contributed by atoms with van der Waals surface area (Å²) in [4.78, 5) is 0. The molecule has 0 heterocycles. The zero-order chi connectivity index (χ0) is 11.1. The number of allylic oxidation sites excluding steroid dienone is 1. The first-order valence-electron chi connectivity index (χ1n) is 4.62. The van der Waals surface area contributed by atoms with Crippen LogP contribution in [0.25, 0.3) is 6.08 Å². The zero-order valence-corrected chi connectivity index (χ0v) is 9.29. The second kappa shape index (κ2) is 6.10. The molecule has 0 aliphatic rings. The van der Waals surface area contributed by atoms with Gasteiger partial charge in [0.15, 0.2) is 0 Å². The van der Waals surface area contributed by atoms with Crippen LogP contribution in [0.15, 0.2) is 24.3 Å². The molecule has 0 aliphatic carbocycles. The summed E-state index contributed by atoms with van der Waals surface area (Å²) in [7, 11) is 1.60. The normalized spacial score (nSPS) is 10.2. The van der Waals surface area contributed by atoms with Gasteiger partial charge in [0.05, 0.1) is 18.7 Å². The Morgan fingerprint density at radius 1 is 1.53 bits per heavy atom. The quantitative estimate of drug-likeness (QED) is 0.732. The van der Waals surface area contributed by atoms with Crippen molar-refractivity contribution in [2.75, 3.05) is 13.0 Å². The fourth-order valence-corrected chi connectivity index (χ4v) is 1.31. The molecule has 0 saturated heterocycles. The summed E-state index contributed by atoms with van der Waals surface area (Å²) in [5.74, 6) is 1.34. The van der Waals surface area contributed by atoms with Gasteiger partial charge in [0.1, 0.15) is 5.75 Å². The lowest BCUT2D eigenvalue weighted by molar-refractivity contribution is 0.414. The molecule has 78 valence electrons. The van der Waals surface area contributed by atoms with Gasteiger partial charge in [-0.05, 0) is 30.2 Å². The van der Waals surface area contributed by atoms with Crippen LogP contribution in [0.5, 0.6) is 5.75 Å². The predicted molar refractivity (Wildman–Crippen MR) is 62.1 cm³/mol. The summed E-state index contributed by atoms with van der Waals surface area (Å²) < 4.78 is 5.09. The van der Waals surface area contributed by atoms with Crippen molar-refractivity contribution in [2.24, 2.45) is 0 Å². The van der Waals surface area contributed by atoms with Gasteiger partial charge in [-0.15, -0.1) is 11.6 Å². The maximum atomic E-state index is 8.89. The lowest BCUT2D eigenvalue weighted by Crippen LogP contribution is -1.87. The molecular formula is C12H12ClNO. The van der Waals surface area contributed by atoms with Crippen molar-refractivity contribution in [2.45, 2.75) is 6.42 Å². The maximum Gasteiger partial charge on any atom is 0.119 e. The highest BCUT2D eigenvalue weighted by Crippen LogP contribution is 2.18. The molecule has 0 N–H and O–H groups in total. The molecule has 0 bridgehead atoms. The van der Waals surface area contributed by atoms with Crippen molar-refractivity contribution in [1.29, 1.82) is 5.26 Å². The summed E-state index contributed by atoms with van der Waals surface area (Å²) in [6.45, 7) is 0. The molecule has 3 heteroatoms. The second-order valence-electron chi connectivity index (χ2n) is 2.95. The number of benzene rings is 1. The number of nitrogens with zero attached hydrogens (tertiary/aromatic N) is 1. The molecule has 0 aliphatic heterocycles. The van der Waals surface area contributed by atoms with Crippen molar-refractivity contribution >= 4 is 17.7 Å². The van der Waals surface area contributed by atoms with Crippen molar-refractivity contribution in [3.05, 3.63) is 35.4 Å². The average molecular weight is 222 g/mol. The van der Waals surface area contributed by atoms with Gasteiger partial charge in [-0.1, -0.05) is 12.2 Å². The number of alkyl halides is 1. The molecule has 1 aromatic rings. The van der Waals surface area contributed by atoms with Crippen LogP contribution in [0.4, 0.5) is 0 Å². The lowest BCUT2D eigenvalue weighted by atomic mass is 10.1. The first kappa shape index (κ1) is 11.6. The average Bonchev–Trinajstić information content (AvgIpc) is 2.29. The number of halogens is 1. The highest BCUT2D eigenvalue weighted by Gasteiger charge is 2.00. The molecule has 0 amide bonds. The summed E-state index contributed by atoms with van der Waals surface area (Å²) in [6.07, 6.45) is 4.63. The van der Waals surface area contributed by atoms with E-state index in [1.165, 1.54) is 0 Å². The number of ether oxygens (including phenoxy) is 1. The lowest BCUT2D eigenvalue weighted by Gasteiger charge is -2.02. The van der Waals surface area contributed by atoms with E-state index in [1.807, 2.05) is 18.2 Å². The topological polar surface area (TPSA) is 33.0 Å². The van der Waals surface area contributed by atoms with E-state index in [0.29, 0.717) is 11.4 Å². The molecule has 15 heavy (non-hydrogen) atoms. The number of rotatable bonds is 4. The second-order valence-corrected chi connectivity index (χ2v) is 3.32. The van der Waals surface area contributed by atoms with Crippen molar-refractivity contribution in [3.63, 3.8) is 0 Å². The third-order valence-electron chi connectivity index (χ3n) is 1.95. The van der Waals surface area contributed by atoms with Gasteiger partial charge < -0.3 is 4.74 Å². The van der Waals surface area contributed by atoms with E-state index in [4.69, 9.17) is 21.6 Å². The van der Waals surface area contributed by atoms with Crippen molar-refractivity contribution in [1.82, 2.24) is 0 Å². The monoisotopic (exact) mass is 221 g/mol. The molecule has 0 atom stereocenters. The summed E-state index contributed by atoms with van der Waals surface area (Å²) in [6, 6.07) is 7.50. The number of nitriles is 1. The molecule has 1 aromatic carbocycles. The standard InChI is InChI=1S/C12H12ClNO/c1-15-12-6-5-11(9-14)10(8-12)4-2-3-7-13/h2,4-6,8H,3,7H2,1H3. The fraction of sp³-hybridized carbons (Fsp3) is 0.250. The van der Waals surface area contributed by atoms with Gasteiger partial charge in [-0.2, -0.15) is 5.26 Å².